The molecule has 0 bridgehead atoms. The number of fused-ring (bicyclic) bond motifs is 1. The summed E-state index contributed by atoms with van der Waals surface area (Å²) in [6.07, 6.45) is 1.77. The van der Waals surface area contributed by atoms with Crippen LogP contribution in [0.15, 0.2) is 54.0 Å². The van der Waals surface area contributed by atoms with Crippen LogP contribution >= 0.6 is 11.3 Å². The van der Waals surface area contributed by atoms with E-state index in [2.05, 4.69) is 4.98 Å². The molecule has 0 unspecified atom stereocenters. The third kappa shape index (κ3) is 3.53. The maximum Gasteiger partial charge on any atom is 0.311 e. The van der Waals surface area contributed by atoms with E-state index in [-0.39, 0.29) is 13.0 Å². The molecule has 0 aliphatic heterocycles. The predicted molar refractivity (Wildman–Crippen MR) is 104 cm³/mol. The van der Waals surface area contributed by atoms with Crippen molar-refractivity contribution >= 4 is 22.8 Å². The van der Waals surface area contributed by atoms with Crippen LogP contribution in [0.3, 0.4) is 0 Å². The van der Waals surface area contributed by atoms with E-state index < -0.39 is 17.6 Å². The standard InChI is InChI=1S/C21H16F2N2O2S/c1-2-27-20(26)12-17-18-10-13(19-4-3-7-28-19)5-6-25(18)21(24-17)14-8-15(22)11-16(23)9-14/h3-11H,2,12H2,1H3. The van der Waals surface area contributed by atoms with Crippen LogP contribution < -0.4 is 0 Å². The van der Waals surface area contributed by atoms with Gasteiger partial charge in [-0.3, -0.25) is 9.20 Å². The first-order valence-corrected chi connectivity index (χ1v) is 9.60. The quantitative estimate of drug-likeness (QED) is 0.439. The first-order valence-electron chi connectivity index (χ1n) is 8.72. The second-order valence-corrected chi connectivity index (χ2v) is 7.12. The first-order chi connectivity index (χ1) is 13.5. The highest BCUT2D eigenvalue weighted by Crippen LogP contribution is 2.30. The zero-order valence-electron chi connectivity index (χ0n) is 15.0. The van der Waals surface area contributed by atoms with Crippen LogP contribution in [-0.2, 0) is 16.0 Å². The molecule has 4 aromatic rings. The number of imidazole rings is 1. The zero-order chi connectivity index (χ0) is 19.7. The van der Waals surface area contributed by atoms with Crippen LogP contribution in [0.1, 0.15) is 12.6 Å². The van der Waals surface area contributed by atoms with Gasteiger partial charge >= 0.3 is 5.97 Å². The molecule has 0 saturated carbocycles. The highest BCUT2D eigenvalue weighted by Gasteiger charge is 2.18. The minimum atomic E-state index is -0.686. The van der Waals surface area contributed by atoms with E-state index in [4.69, 9.17) is 4.74 Å². The number of hydrogen-bond donors (Lipinski definition) is 0. The van der Waals surface area contributed by atoms with E-state index in [1.165, 1.54) is 12.1 Å². The summed E-state index contributed by atoms with van der Waals surface area (Å²) < 4.78 is 34.2. The molecule has 0 spiro atoms. The molecule has 0 radical (unpaired) electrons. The lowest BCUT2D eigenvalue weighted by molar-refractivity contribution is -0.142. The number of benzene rings is 1. The molecule has 0 aliphatic carbocycles. The topological polar surface area (TPSA) is 43.6 Å². The monoisotopic (exact) mass is 398 g/mol. The molecule has 7 heteroatoms. The number of carbonyl (C=O) groups excluding carboxylic acids is 1. The van der Waals surface area contributed by atoms with Crippen LogP contribution in [0.25, 0.3) is 27.3 Å². The summed E-state index contributed by atoms with van der Waals surface area (Å²) in [6, 6.07) is 11.0. The molecule has 1 aromatic carbocycles. The molecule has 3 aromatic heterocycles. The SMILES string of the molecule is CCOC(=O)Cc1nc(-c2cc(F)cc(F)c2)n2ccc(-c3cccs3)cc12. The van der Waals surface area contributed by atoms with Gasteiger partial charge in [0, 0.05) is 22.7 Å². The smallest absolute Gasteiger partial charge is 0.311 e. The van der Waals surface area contributed by atoms with Crippen molar-refractivity contribution in [3.05, 3.63) is 71.4 Å². The Hall–Kier alpha value is -3.06. The average Bonchev–Trinajstić information content (AvgIpc) is 3.29. The third-order valence-corrected chi connectivity index (χ3v) is 5.18. The van der Waals surface area contributed by atoms with Gasteiger partial charge in [0.1, 0.15) is 17.5 Å². The number of hydrogen-bond acceptors (Lipinski definition) is 4. The summed E-state index contributed by atoms with van der Waals surface area (Å²) in [5.41, 5.74) is 2.46. The van der Waals surface area contributed by atoms with Crippen molar-refractivity contribution in [2.24, 2.45) is 0 Å². The fourth-order valence-corrected chi connectivity index (χ4v) is 3.83. The summed E-state index contributed by atoms with van der Waals surface area (Å²) in [5.74, 6) is -1.41. The van der Waals surface area contributed by atoms with Crippen molar-refractivity contribution < 1.29 is 18.3 Å². The van der Waals surface area contributed by atoms with Crippen LogP contribution in [0.2, 0.25) is 0 Å². The van der Waals surface area contributed by atoms with Crippen molar-refractivity contribution in [1.82, 2.24) is 9.38 Å². The van der Waals surface area contributed by atoms with Gasteiger partial charge in [0.15, 0.2) is 0 Å². The fourth-order valence-electron chi connectivity index (χ4n) is 3.11. The Kier molecular flexibility index (Phi) is 4.92. The van der Waals surface area contributed by atoms with Gasteiger partial charge in [-0.2, -0.15) is 0 Å². The van der Waals surface area contributed by atoms with Crippen molar-refractivity contribution in [2.45, 2.75) is 13.3 Å². The molecule has 142 valence electrons. The van der Waals surface area contributed by atoms with E-state index in [1.807, 2.05) is 29.6 Å². The van der Waals surface area contributed by atoms with Gasteiger partial charge in [-0.25, -0.2) is 13.8 Å². The van der Waals surface area contributed by atoms with Crippen LogP contribution in [0, 0.1) is 11.6 Å². The summed E-state index contributed by atoms with van der Waals surface area (Å²) in [7, 11) is 0. The highest BCUT2D eigenvalue weighted by molar-refractivity contribution is 7.13. The Morgan fingerprint density at radius 1 is 1.14 bits per heavy atom. The van der Waals surface area contributed by atoms with Crippen molar-refractivity contribution in [3.8, 4) is 21.8 Å². The molecule has 0 saturated heterocycles. The Morgan fingerprint density at radius 2 is 1.93 bits per heavy atom. The molecule has 0 atom stereocenters. The number of halogens is 2. The molecular formula is C21H16F2N2O2S. The Labute approximate surface area is 164 Å². The molecule has 0 N–H and O–H groups in total. The highest BCUT2D eigenvalue weighted by atomic mass is 32.1. The first kappa shape index (κ1) is 18.3. The predicted octanol–water partition coefficient (Wildman–Crippen LogP) is 5.11. The summed E-state index contributed by atoms with van der Waals surface area (Å²) in [4.78, 5) is 17.6. The van der Waals surface area contributed by atoms with Gasteiger partial charge in [-0.05, 0) is 48.2 Å². The number of carbonyl (C=O) groups is 1. The van der Waals surface area contributed by atoms with E-state index in [0.29, 0.717) is 22.6 Å². The summed E-state index contributed by atoms with van der Waals surface area (Å²) >= 11 is 1.60. The average molecular weight is 398 g/mol. The van der Waals surface area contributed by atoms with Gasteiger partial charge < -0.3 is 4.74 Å². The summed E-state index contributed by atoms with van der Waals surface area (Å²) in [6.45, 7) is 2.01. The molecule has 28 heavy (non-hydrogen) atoms. The van der Waals surface area contributed by atoms with Gasteiger partial charge in [-0.15, -0.1) is 11.3 Å². The number of rotatable bonds is 5. The Bertz CT molecular complexity index is 1130. The minimum Gasteiger partial charge on any atom is -0.466 e. The second-order valence-electron chi connectivity index (χ2n) is 6.17. The van der Waals surface area contributed by atoms with E-state index in [0.717, 1.165) is 16.5 Å². The number of pyridine rings is 1. The fraction of sp³-hybridized carbons (Fsp3) is 0.143. The molecular weight excluding hydrogens is 382 g/mol. The maximum atomic E-state index is 13.7. The third-order valence-electron chi connectivity index (χ3n) is 4.26. The van der Waals surface area contributed by atoms with E-state index >= 15 is 0 Å². The molecule has 0 fully saturated rings. The molecule has 3 heterocycles. The number of thiophene rings is 1. The second kappa shape index (κ2) is 7.52. The minimum absolute atomic E-state index is 0.0248. The molecule has 4 rings (SSSR count). The van der Waals surface area contributed by atoms with Gasteiger partial charge in [0.2, 0.25) is 0 Å². The van der Waals surface area contributed by atoms with Crippen LogP contribution in [0.4, 0.5) is 8.78 Å². The van der Waals surface area contributed by atoms with Crippen LogP contribution in [-0.4, -0.2) is 22.0 Å². The van der Waals surface area contributed by atoms with Crippen molar-refractivity contribution in [2.75, 3.05) is 6.61 Å². The number of aromatic nitrogens is 2. The molecule has 0 aliphatic rings. The normalized spacial score (nSPS) is 11.1. The van der Waals surface area contributed by atoms with Crippen molar-refractivity contribution in [1.29, 1.82) is 0 Å². The summed E-state index contributed by atoms with van der Waals surface area (Å²) in [5, 5.41) is 1.98. The lowest BCUT2D eigenvalue weighted by atomic mass is 10.1. The number of nitrogens with zero attached hydrogens (tertiary/aromatic N) is 2. The lowest BCUT2D eigenvalue weighted by Gasteiger charge is -2.05. The number of esters is 1. The van der Waals surface area contributed by atoms with Gasteiger partial charge in [-0.1, -0.05) is 6.07 Å². The zero-order valence-corrected chi connectivity index (χ0v) is 15.8. The van der Waals surface area contributed by atoms with E-state index in [9.17, 15) is 13.6 Å². The van der Waals surface area contributed by atoms with Crippen molar-refractivity contribution in [3.63, 3.8) is 0 Å². The van der Waals surface area contributed by atoms with E-state index in [1.54, 1.807) is 28.9 Å². The molecule has 0 amide bonds. The lowest BCUT2D eigenvalue weighted by Crippen LogP contribution is -2.08. The van der Waals surface area contributed by atoms with Gasteiger partial charge in [0.25, 0.3) is 0 Å². The molecule has 4 nitrogen and oxygen atoms in total. The maximum absolute atomic E-state index is 13.7. The Morgan fingerprint density at radius 3 is 2.61 bits per heavy atom. The largest absolute Gasteiger partial charge is 0.466 e. The van der Waals surface area contributed by atoms with Gasteiger partial charge in [0.05, 0.1) is 24.2 Å². The number of ether oxygens (including phenoxy) is 1. The van der Waals surface area contributed by atoms with Crippen LogP contribution in [0.5, 0.6) is 0 Å². The Balaban J connectivity index is 1.89.